The van der Waals surface area contributed by atoms with E-state index >= 15 is 0 Å². The lowest BCUT2D eigenvalue weighted by atomic mass is 10.2. The van der Waals surface area contributed by atoms with Gasteiger partial charge in [0.1, 0.15) is 5.75 Å². The van der Waals surface area contributed by atoms with Crippen molar-refractivity contribution < 1.29 is 22.6 Å². The second-order valence-electron chi connectivity index (χ2n) is 6.80. The minimum absolute atomic E-state index is 0.137. The van der Waals surface area contributed by atoms with Gasteiger partial charge in [-0.1, -0.05) is 0 Å². The van der Waals surface area contributed by atoms with Crippen LogP contribution in [0.15, 0.2) is 41.3 Å². The number of fused-ring (bicyclic) bond motifs is 1. The summed E-state index contributed by atoms with van der Waals surface area (Å²) in [6, 6.07) is 9.86. The lowest BCUT2D eigenvalue weighted by molar-refractivity contribution is 0.174. The van der Waals surface area contributed by atoms with Crippen LogP contribution in [-0.4, -0.2) is 60.4 Å². The van der Waals surface area contributed by atoms with E-state index in [0.717, 1.165) is 31.9 Å². The topological polar surface area (TPSA) is 80.3 Å². The van der Waals surface area contributed by atoms with Gasteiger partial charge in [0, 0.05) is 32.2 Å². The van der Waals surface area contributed by atoms with Gasteiger partial charge >= 0.3 is 0 Å². The second-order valence-corrected chi connectivity index (χ2v) is 8.48. The molecule has 0 atom stereocenters. The van der Waals surface area contributed by atoms with Crippen LogP contribution in [0.3, 0.4) is 0 Å². The van der Waals surface area contributed by atoms with Crippen molar-refractivity contribution in [3.63, 3.8) is 0 Å². The Bertz CT molecular complexity index is 972. The number of sulfonamides is 1. The highest BCUT2D eigenvalue weighted by Gasteiger charge is 2.23. The molecule has 2 aliphatic rings. The average Bonchev–Trinajstić information content (AvgIpc) is 3.15. The van der Waals surface area contributed by atoms with Gasteiger partial charge < -0.3 is 24.0 Å². The number of nitrogens with one attached hydrogen (secondary N) is 1. The number of methoxy groups -OCH3 is 1. The molecule has 2 aromatic rings. The number of hydrogen-bond donors (Lipinski definition) is 1. The first kappa shape index (κ1) is 18.7. The van der Waals surface area contributed by atoms with E-state index in [1.165, 1.54) is 0 Å². The van der Waals surface area contributed by atoms with Crippen LogP contribution >= 0.6 is 0 Å². The van der Waals surface area contributed by atoms with Gasteiger partial charge in [0.25, 0.3) is 10.0 Å². The number of nitrogens with zero attached hydrogens (tertiary/aromatic N) is 2. The van der Waals surface area contributed by atoms with Crippen molar-refractivity contribution in [1.29, 1.82) is 0 Å². The van der Waals surface area contributed by atoms with Crippen LogP contribution in [0, 0.1) is 0 Å². The maximum Gasteiger partial charge on any atom is 0.261 e. The van der Waals surface area contributed by atoms with Crippen molar-refractivity contribution in [2.24, 2.45) is 0 Å². The second kappa shape index (κ2) is 7.40. The Morgan fingerprint density at radius 1 is 1.00 bits per heavy atom. The van der Waals surface area contributed by atoms with Gasteiger partial charge in [-0.2, -0.15) is 0 Å². The van der Waals surface area contributed by atoms with Gasteiger partial charge in [-0.05, 0) is 37.4 Å². The molecule has 0 amide bonds. The van der Waals surface area contributed by atoms with Crippen LogP contribution in [0.2, 0.25) is 0 Å². The Morgan fingerprint density at radius 3 is 2.50 bits per heavy atom. The maximum atomic E-state index is 12.9. The molecule has 0 radical (unpaired) electrons. The SMILES string of the molecule is COc1ccc(S(=O)(=O)Nc2ccc3c(c2)OCO3)cc1N1CCN(C)CC1. The zero-order valence-corrected chi connectivity index (χ0v) is 16.7. The molecule has 0 aromatic heterocycles. The van der Waals surface area contributed by atoms with Gasteiger partial charge in [0.15, 0.2) is 11.5 Å². The van der Waals surface area contributed by atoms with Crippen molar-refractivity contribution in [3.8, 4) is 17.2 Å². The molecule has 28 heavy (non-hydrogen) atoms. The molecule has 1 saturated heterocycles. The van der Waals surface area contributed by atoms with Crippen molar-refractivity contribution in [2.45, 2.75) is 4.90 Å². The molecule has 9 heteroatoms. The van der Waals surface area contributed by atoms with Crippen molar-refractivity contribution in [1.82, 2.24) is 4.90 Å². The van der Waals surface area contributed by atoms with E-state index in [1.54, 1.807) is 43.5 Å². The Morgan fingerprint density at radius 2 is 1.75 bits per heavy atom. The summed E-state index contributed by atoms with van der Waals surface area (Å²) in [7, 11) is -0.101. The monoisotopic (exact) mass is 405 g/mol. The van der Waals surface area contributed by atoms with Crippen LogP contribution in [-0.2, 0) is 10.0 Å². The first-order valence-corrected chi connectivity index (χ1v) is 10.5. The average molecular weight is 405 g/mol. The first-order valence-electron chi connectivity index (χ1n) is 9.00. The van der Waals surface area contributed by atoms with Gasteiger partial charge in [0.05, 0.1) is 23.4 Å². The lowest BCUT2D eigenvalue weighted by Crippen LogP contribution is -2.44. The van der Waals surface area contributed by atoms with Crippen LogP contribution in [0.4, 0.5) is 11.4 Å². The minimum atomic E-state index is -3.77. The molecule has 2 aromatic carbocycles. The van der Waals surface area contributed by atoms with Crippen molar-refractivity contribution in [3.05, 3.63) is 36.4 Å². The Balaban J connectivity index is 1.61. The molecule has 4 rings (SSSR count). The zero-order valence-electron chi connectivity index (χ0n) is 15.8. The molecule has 150 valence electrons. The van der Waals surface area contributed by atoms with E-state index in [0.29, 0.717) is 22.9 Å². The molecule has 0 bridgehead atoms. The fourth-order valence-corrected chi connectivity index (χ4v) is 4.37. The van der Waals surface area contributed by atoms with Crippen LogP contribution in [0.1, 0.15) is 0 Å². The number of benzene rings is 2. The van der Waals surface area contributed by atoms with E-state index in [-0.39, 0.29) is 11.7 Å². The lowest BCUT2D eigenvalue weighted by Gasteiger charge is -2.34. The third-order valence-corrected chi connectivity index (χ3v) is 6.31. The predicted octanol–water partition coefficient (Wildman–Crippen LogP) is 1.98. The van der Waals surface area contributed by atoms with E-state index in [9.17, 15) is 8.42 Å². The predicted molar refractivity (Wildman–Crippen MR) is 106 cm³/mol. The van der Waals surface area contributed by atoms with Gasteiger partial charge in [-0.3, -0.25) is 4.72 Å². The van der Waals surface area contributed by atoms with E-state index in [2.05, 4.69) is 21.6 Å². The minimum Gasteiger partial charge on any atom is -0.495 e. The molecule has 2 heterocycles. The van der Waals surface area contributed by atoms with E-state index in [4.69, 9.17) is 14.2 Å². The first-order chi connectivity index (χ1) is 13.5. The largest absolute Gasteiger partial charge is 0.495 e. The summed E-state index contributed by atoms with van der Waals surface area (Å²) in [5, 5.41) is 0. The quantitative estimate of drug-likeness (QED) is 0.815. The Kier molecular flexibility index (Phi) is 4.94. The number of likely N-dealkylation sites (N-methyl/N-ethyl adjacent to an activating group) is 1. The highest BCUT2D eigenvalue weighted by atomic mass is 32.2. The summed E-state index contributed by atoms with van der Waals surface area (Å²) in [6.45, 7) is 3.58. The molecule has 0 saturated carbocycles. The summed E-state index contributed by atoms with van der Waals surface area (Å²) in [4.78, 5) is 4.57. The summed E-state index contributed by atoms with van der Waals surface area (Å²) in [5.41, 5.74) is 1.20. The highest BCUT2D eigenvalue weighted by Crippen LogP contribution is 2.36. The third kappa shape index (κ3) is 3.67. The molecule has 8 nitrogen and oxygen atoms in total. The molecule has 0 spiro atoms. The van der Waals surface area contributed by atoms with Gasteiger partial charge in [-0.15, -0.1) is 0 Å². The normalized spacial score (nSPS) is 16.9. The zero-order chi connectivity index (χ0) is 19.7. The number of hydrogen-bond acceptors (Lipinski definition) is 7. The Hall–Kier alpha value is -2.65. The van der Waals surface area contributed by atoms with Gasteiger partial charge in [0.2, 0.25) is 6.79 Å². The van der Waals surface area contributed by atoms with Crippen LogP contribution in [0.5, 0.6) is 17.2 Å². The molecule has 1 N–H and O–H groups in total. The summed E-state index contributed by atoms with van der Waals surface area (Å²) in [5.74, 6) is 1.78. The number of rotatable bonds is 5. The third-order valence-electron chi connectivity index (χ3n) is 4.93. The summed E-state index contributed by atoms with van der Waals surface area (Å²) < 4.78 is 44.5. The fraction of sp³-hybridized carbons (Fsp3) is 0.368. The smallest absolute Gasteiger partial charge is 0.261 e. The summed E-state index contributed by atoms with van der Waals surface area (Å²) in [6.07, 6.45) is 0. The molecule has 1 fully saturated rings. The number of piperazine rings is 1. The number of ether oxygens (including phenoxy) is 3. The van der Waals surface area contributed by atoms with Crippen LogP contribution < -0.4 is 23.8 Å². The fourth-order valence-electron chi connectivity index (χ4n) is 3.31. The standard InChI is InChI=1S/C19H23N3O5S/c1-21-7-9-22(10-8-21)16-12-15(4-6-17(16)25-2)28(23,24)20-14-3-5-18-19(11-14)27-13-26-18/h3-6,11-12,20H,7-10,13H2,1-2H3. The molecular formula is C19H23N3O5S. The van der Waals surface area contributed by atoms with E-state index < -0.39 is 10.0 Å². The highest BCUT2D eigenvalue weighted by molar-refractivity contribution is 7.92. The van der Waals surface area contributed by atoms with Crippen LogP contribution in [0.25, 0.3) is 0 Å². The molecular weight excluding hydrogens is 382 g/mol. The van der Waals surface area contributed by atoms with Crippen molar-refractivity contribution in [2.75, 3.05) is 56.8 Å². The maximum absolute atomic E-state index is 12.9. The van der Waals surface area contributed by atoms with E-state index in [1.807, 2.05) is 0 Å². The molecule has 0 unspecified atom stereocenters. The molecule has 2 aliphatic heterocycles. The van der Waals surface area contributed by atoms with Gasteiger partial charge in [-0.25, -0.2) is 8.42 Å². The van der Waals surface area contributed by atoms with Crippen molar-refractivity contribution >= 4 is 21.4 Å². The molecule has 0 aliphatic carbocycles. The Labute approximate surface area is 164 Å². The number of anilines is 2. The summed E-state index contributed by atoms with van der Waals surface area (Å²) >= 11 is 0.